The van der Waals surface area contributed by atoms with Gasteiger partial charge in [-0.15, -0.1) is 11.3 Å². The van der Waals surface area contributed by atoms with Crippen LogP contribution in [0.25, 0.3) is 27.1 Å². The van der Waals surface area contributed by atoms with Gasteiger partial charge in [0.25, 0.3) is 11.8 Å². The van der Waals surface area contributed by atoms with Gasteiger partial charge in [-0.25, -0.2) is 9.97 Å². The van der Waals surface area contributed by atoms with Crippen molar-refractivity contribution in [3.8, 4) is 11.3 Å². The van der Waals surface area contributed by atoms with Crippen LogP contribution in [0.3, 0.4) is 0 Å². The maximum Gasteiger partial charge on any atom is 0.270 e. The van der Waals surface area contributed by atoms with Crippen molar-refractivity contribution in [2.45, 2.75) is 25.8 Å². The number of hydrogen-bond donors (Lipinski definition) is 1. The van der Waals surface area contributed by atoms with Crippen molar-refractivity contribution in [2.24, 2.45) is 11.8 Å². The molecule has 5 heterocycles. The number of benzene rings is 1. The Morgan fingerprint density at radius 3 is 2.87 bits per heavy atom. The normalized spacial score (nSPS) is 20.1. The predicted octanol–water partition coefficient (Wildman–Crippen LogP) is 4.46. The zero-order valence-electron chi connectivity index (χ0n) is 20.9. The second-order valence-electron chi connectivity index (χ2n) is 10.1. The van der Waals surface area contributed by atoms with E-state index in [2.05, 4.69) is 22.2 Å². The van der Waals surface area contributed by atoms with Gasteiger partial charge in [0.1, 0.15) is 5.69 Å². The molecular formula is C29H26N6O2S. The standard InChI is InChI=1S/C29H26N6O2S/c1-2-20-16-38-29-32-14-25(35(20)29)27(36)31-13-24-21-11-19(21)15-34(24)28(37)22-10-18-12-30-9-8-23(18)33-26(22)17-6-4-3-5-7-17/h3-10,12,14,16,19,21,24H,2,11,13,15H2,1H3,(H,31,36)/t19-,21-,24+/m0/s1. The third-order valence-electron chi connectivity index (χ3n) is 7.84. The molecule has 1 saturated heterocycles. The van der Waals surface area contributed by atoms with Gasteiger partial charge in [0.2, 0.25) is 0 Å². The first-order valence-corrected chi connectivity index (χ1v) is 13.8. The highest BCUT2D eigenvalue weighted by molar-refractivity contribution is 7.15. The van der Waals surface area contributed by atoms with Crippen LogP contribution >= 0.6 is 11.3 Å². The molecule has 190 valence electrons. The molecule has 1 aliphatic heterocycles. The van der Waals surface area contributed by atoms with Crippen molar-refractivity contribution >= 4 is 39.0 Å². The first-order chi connectivity index (χ1) is 18.6. The van der Waals surface area contributed by atoms with Gasteiger partial charge in [-0.2, -0.15) is 0 Å². The quantitative estimate of drug-likeness (QED) is 0.356. The topological polar surface area (TPSA) is 92.5 Å². The van der Waals surface area contributed by atoms with Crippen molar-refractivity contribution < 1.29 is 9.59 Å². The molecule has 3 atom stereocenters. The van der Waals surface area contributed by atoms with Gasteiger partial charge in [0.15, 0.2) is 4.96 Å². The minimum Gasteiger partial charge on any atom is -0.349 e. The molecule has 0 bridgehead atoms. The lowest BCUT2D eigenvalue weighted by molar-refractivity contribution is 0.0695. The SMILES string of the molecule is CCc1csc2ncc(C(=O)NC[C@@H]3[C@H]4C[C@H]4CN3C(=O)c3cc4cnccc4nc3-c3ccccc3)n12. The number of pyridine rings is 2. The van der Waals surface area contributed by atoms with E-state index < -0.39 is 0 Å². The maximum atomic E-state index is 14.1. The van der Waals surface area contributed by atoms with E-state index in [-0.39, 0.29) is 17.9 Å². The summed E-state index contributed by atoms with van der Waals surface area (Å²) in [6.45, 7) is 3.18. The van der Waals surface area contributed by atoms with E-state index in [0.717, 1.165) is 40.0 Å². The van der Waals surface area contributed by atoms with Crippen LogP contribution in [0.2, 0.25) is 0 Å². The molecule has 1 aromatic carbocycles. The maximum absolute atomic E-state index is 14.1. The number of nitrogens with zero attached hydrogens (tertiary/aromatic N) is 5. The lowest BCUT2D eigenvalue weighted by atomic mass is 10.0. The molecule has 1 aliphatic carbocycles. The molecule has 2 aliphatic rings. The van der Waals surface area contributed by atoms with E-state index in [9.17, 15) is 9.59 Å². The molecule has 8 nitrogen and oxygen atoms in total. The van der Waals surface area contributed by atoms with Gasteiger partial charge < -0.3 is 10.2 Å². The molecule has 0 radical (unpaired) electrons. The van der Waals surface area contributed by atoms with Gasteiger partial charge >= 0.3 is 0 Å². The first kappa shape index (κ1) is 23.0. The lowest BCUT2D eigenvalue weighted by Gasteiger charge is -2.28. The second-order valence-corrected chi connectivity index (χ2v) is 10.9. The number of aromatic nitrogens is 4. The monoisotopic (exact) mass is 522 g/mol. The average molecular weight is 523 g/mol. The minimum atomic E-state index is -0.162. The number of likely N-dealkylation sites (tertiary alicyclic amines) is 1. The number of hydrogen-bond acceptors (Lipinski definition) is 6. The number of piperidine rings is 1. The van der Waals surface area contributed by atoms with Crippen LogP contribution in [0, 0.1) is 11.8 Å². The first-order valence-electron chi connectivity index (χ1n) is 13.0. The van der Waals surface area contributed by atoms with E-state index in [0.29, 0.717) is 41.9 Å². The van der Waals surface area contributed by atoms with Gasteiger partial charge in [-0.3, -0.25) is 19.0 Å². The highest BCUT2D eigenvalue weighted by Crippen LogP contribution is 2.50. The van der Waals surface area contributed by atoms with E-state index in [1.165, 1.54) is 11.3 Å². The van der Waals surface area contributed by atoms with Crippen LogP contribution in [0.1, 0.15) is 39.9 Å². The zero-order chi connectivity index (χ0) is 25.8. The predicted molar refractivity (Wildman–Crippen MR) is 146 cm³/mol. The van der Waals surface area contributed by atoms with Crippen LogP contribution < -0.4 is 5.32 Å². The Labute approximate surface area is 223 Å². The summed E-state index contributed by atoms with van der Waals surface area (Å²) < 4.78 is 1.93. The number of thiazole rings is 1. The Morgan fingerprint density at radius 2 is 2.03 bits per heavy atom. The summed E-state index contributed by atoms with van der Waals surface area (Å²) in [5.74, 6) is 0.686. The molecule has 0 spiro atoms. The fourth-order valence-electron chi connectivity index (χ4n) is 5.78. The Bertz CT molecular complexity index is 1690. The molecule has 38 heavy (non-hydrogen) atoms. The van der Waals surface area contributed by atoms with Gasteiger partial charge in [-0.05, 0) is 36.8 Å². The van der Waals surface area contributed by atoms with E-state index in [1.54, 1.807) is 18.6 Å². The number of aryl methyl sites for hydroxylation is 1. The molecule has 9 heteroatoms. The largest absolute Gasteiger partial charge is 0.349 e. The number of imidazole rings is 1. The van der Waals surface area contributed by atoms with Crippen LogP contribution in [0.5, 0.6) is 0 Å². The van der Waals surface area contributed by atoms with Crippen molar-refractivity contribution in [3.05, 3.63) is 83.4 Å². The highest BCUT2D eigenvalue weighted by Gasteiger charge is 2.54. The Balaban J connectivity index is 1.18. The average Bonchev–Trinajstić information content (AvgIpc) is 3.26. The molecule has 5 aromatic rings. The molecule has 2 amide bonds. The second kappa shape index (κ2) is 9.02. The molecule has 1 saturated carbocycles. The van der Waals surface area contributed by atoms with Gasteiger partial charge in [0.05, 0.1) is 29.0 Å². The molecule has 2 fully saturated rings. The number of carbonyl (C=O) groups is 2. The third kappa shape index (κ3) is 3.77. The Morgan fingerprint density at radius 1 is 1.16 bits per heavy atom. The van der Waals surface area contributed by atoms with Crippen molar-refractivity contribution in [1.82, 2.24) is 29.6 Å². The van der Waals surface area contributed by atoms with E-state index in [4.69, 9.17) is 4.98 Å². The fraction of sp³-hybridized carbons (Fsp3) is 0.276. The fourth-order valence-corrected chi connectivity index (χ4v) is 6.72. The molecule has 4 aromatic heterocycles. The summed E-state index contributed by atoms with van der Waals surface area (Å²) >= 11 is 1.54. The number of fused-ring (bicyclic) bond motifs is 3. The van der Waals surface area contributed by atoms with Crippen LogP contribution in [-0.2, 0) is 6.42 Å². The third-order valence-corrected chi connectivity index (χ3v) is 8.73. The van der Waals surface area contributed by atoms with Crippen LogP contribution in [0.15, 0.2) is 66.4 Å². The summed E-state index contributed by atoms with van der Waals surface area (Å²) in [5, 5.41) is 5.99. The zero-order valence-corrected chi connectivity index (χ0v) is 21.7. The van der Waals surface area contributed by atoms with Crippen molar-refractivity contribution in [1.29, 1.82) is 0 Å². The lowest BCUT2D eigenvalue weighted by Crippen LogP contribution is -2.46. The van der Waals surface area contributed by atoms with Crippen LogP contribution in [0.4, 0.5) is 0 Å². The van der Waals surface area contributed by atoms with Crippen molar-refractivity contribution in [3.63, 3.8) is 0 Å². The number of amides is 2. The summed E-state index contributed by atoms with van der Waals surface area (Å²) in [4.78, 5) is 43.6. The van der Waals surface area contributed by atoms with Crippen LogP contribution in [-0.4, -0.2) is 55.2 Å². The Kier molecular flexibility index (Phi) is 5.47. The molecule has 1 N–H and O–H groups in total. The highest BCUT2D eigenvalue weighted by atomic mass is 32.1. The summed E-state index contributed by atoms with van der Waals surface area (Å²) in [6.07, 6.45) is 7.01. The summed E-state index contributed by atoms with van der Waals surface area (Å²) in [7, 11) is 0. The summed E-state index contributed by atoms with van der Waals surface area (Å²) in [5.41, 5.74) is 4.55. The number of rotatable bonds is 6. The Hall–Kier alpha value is -4.11. The molecule has 0 unspecified atom stereocenters. The van der Waals surface area contributed by atoms with E-state index >= 15 is 0 Å². The molecule has 7 rings (SSSR count). The summed E-state index contributed by atoms with van der Waals surface area (Å²) in [6, 6.07) is 13.5. The molecular weight excluding hydrogens is 496 g/mol. The van der Waals surface area contributed by atoms with Crippen molar-refractivity contribution in [2.75, 3.05) is 13.1 Å². The smallest absolute Gasteiger partial charge is 0.270 e. The number of carbonyl (C=O) groups excluding carboxylic acids is 2. The minimum absolute atomic E-state index is 0.0496. The van der Waals surface area contributed by atoms with Gasteiger partial charge in [-0.1, -0.05) is 37.3 Å². The van der Waals surface area contributed by atoms with E-state index in [1.807, 2.05) is 57.1 Å². The number of nitrogens with one attached hydrogen (secondary N) is 1. The van der Waals surface area contributed by atoms with Gasteiger partial charge in [0, 0.05) is 47.5 Å².